The number of hydrogen-bond acceptors (Lipinski definition) is 4. The Morgan fingerprint density at radius 1 is 1.32 bits per heavy atom. The van der Waals surface area contributed by atoms with Gasteiger partial charge in [-0.15, -0.1) is 0 Å². The molecule has 19 heavy (non-hydrogen) atoms. The third kappa shape index (κ3) is 3.01. The Kier molecular flexibility index (Phi) is 3.60. The predicted octanol–water partition coefficient (Wildman–Crippen LogP) is 2.44. The Morgan fingerprint density at radius 3 is 2.89 bits per heavy atom. The second kappa shape index (κ2) is 5.53. The highest BCUT2D eigenvalue weighted by Crippen LogP contribution is 2.21. The van der Waals surface area contributed by atoms with Gasteiger partial charge in [-0.3, -0.25) is 0 Å². The second-order valence-electron chi connectivity index (χ2n) is 5.25. The van der Waals surface area contributed by atoms with Crippen LogP contribution in [-0.4, -0.2) is 23.2 Å². The molecule has 0 amide bonds. The summed E-state index contributed by atoms with van der Waals surface area (Å²) in [4.78, 5) is 4.53. The highest BCUT2D eigenvalue weighted by Gasteiger charge is 2.21. The van der Waals surface area contributed by atoms with Gasteiger partial charge in [0.05, 0.1) is 5.92 Å². The van der Waals surface area contributed by atoms with E-state index in [1.54, 1.807) is 0 Å². The van der Waals surface area contributed by atoms with E-state index >= 15 is 0 Å². The van der Waals surface area contributed by atoms with Gasteiger partial charge in [0.15, 0.2) is 5.82 Å². The zero-order valence-electron chi connectivity index (χ0n) is 11.2. The summed E-state index contributed by atoms with van der Waals surface area (Å²) in [6.45, 7) is 4.14. The molecule has 2 heterocycles. The number of nitrogens with one attached hydrogen (secondary N) is 1. The normalized spacial score (nSPS) is 19.5. The lowest BCUT2D eigenvalue weighted by atomic mass is 10.00. The summed E-state index contributed by atoms with van der Waals surface area (Å²) in [5.41, 5.74) is 2.49. The first-order valence-electron chi connectivity index (χ1n) is 6.90. The molecule has 1 N–H and O–H groups in total. The zero-order valence-corrected chi connectivity index (χ0v) is 11.2. The third-order valence-electron chi connectivity index (χ3n) is 3.61. The number of hydrogen-bond donors (Lipinski definition) is 1. The van der Waals surface area contributed by atoms with Gasteiger partial charge in [-0.25, -0.2) is 0 Å². The lowest BCUT2D eigenvalue weighted by Crippen LogP contribution is -2.28. The van der Waals surface area contributed by atoms with Crippen molar-refractivity contribution >= 4 is 0 Å². The van der Waals surface area contributed by atoms with Crippen molar-refractivity contribution in [1.29, 1.82) is 0 Å². The summed E-state index contributed by atoms with van der Waals surface area (Å²) < 4.78 is 5.40. The Labute approximate surface area is 113 Å². The van der Waals surface area contributed by atoms with Crippen molar-refractivity contribution in [2.75, 3.05) is 13.1 Å². The highest BCUT2D eigenvalue weighted by atomic mass is 16.5. The van der Waals surface area contributed by atoms with Gasteiger partial charge in [-0.2, -0.15) is 4.98 Å². The third-order valence-corrected chi connectivity index (χ3v) is 3.61. The first-order valence-corrected chi connectivity index (χ1v) is 6.90. The molecule has 1 aliphatic heterocycles. The monoisotopic (exact) mass is 257 g/mol. The van der Waals surface area contributed by atoms with Crippen LogP contribution < -0.4 is 5.32 Å². The van der Waals surface area contributed by atoms with Gasteiger partial charge in [0.25, 0.3) is 0 Å². The molecule has 1 fully saturated rings. The molecule has 0 radical (unpaired) electrons. The standard InChI is InChI=1S/C15H19N3O/c1-11-4-6-12(7-5-11)9-14-17-15(19-18-14)13-3-2-8-16-10-13/h4-7,13,16H,2-3,8-10H2,1H3/t13-/m1/s1. The van der Waals surface area contributed by atoms with Crippen LogP contribution in [0.2, 0.25) is 0 Å². The summed E-state index contributed by atoms with van der Waals surface area (Å²) in [5, 5.41) is 7.47. The van der Waals surface area contributed by atoms with Crippen molar-refractivity contribution < 1.29 is 4.52 Å². The quantitative estimate of drug-likeness (QED) is 0.917. The fourth-order valence-electron chi connectivity index (χ4n) is 2.46. The molecule has 2 aromatic rings. The van der Waals surface area contributed by atoms with E-state index in [2.05, 4.69) is 46.6 Å². The minimum absolute atomic E-state index is 0.382. The summed E-state index contributed by atoms with van der Waals surface area (Å²) in [6, 6.07) is 8.46. The molecule has 0 aliphatic carbocycles. The van der Waals surface area contributed by atoms with Gasteiger partial charge in [0.2, 0.25) is 5.89 Å². The molecule has 1 saturated heterocycles. The van der Waals surface area contributed by atoms with E-state index in [9.17, 15) is 0 Å². The number of aromatic nitrogens is 2. The van der Waals surface area contributed by atoms with Gasteiger partial charge >= 0.3 is 0 Å². The Hall–Kier alpha value is -1.68. The van der Waals surface area contributed by atoms with E-state index in [0.29, 0.717) is 5.92 Å². The van der Waals surface area contributed by atoms with Crippen LogP contribution in [0.1, 0.15) is 41.6 Å². The maximum Gasteiger partial charge on any atom is 0.231 e. The Bertz CT molecular complexity index is 527. The molecule has 0 unspecified atom stereocenters. The first kappa shape index (κ1) is 12.4. The van der Waals surface area contributed by atoms with E-state index in [0.717, 1.165) is 37.6 Å². The van der Waals surface area contributed by atoms with Crippen molar-refractivity contribution in [3.63, 3.8) is 0 Å². The molecule has 0 spiro atoms. The van der Waals surface area contributed by atoms with Crippen LogP contribution in [0.4, 0.5) is 0 Å². The molecule has 1 aliphatic rings. The minimum atomic E-state index is 0.382. The van der Waals surface area contributed by atoms with Crippen LogP contribution in [0, 0.1) is 6.92 Å². The molecular weight excluding hydrogens is 238 g/mol. The van der Waals surface area contributed by atoms with Crippen molar-refractivity contribution in [2.45, 2.75) is 32.1 Å². The number of rotatable bonds is 3. The van der Waals surface area contributed by atoms with Crippen LogP contribution >= 0.6 is 0 Å². The Morgan fingerprint density at radius 2 is 2.16 bits per heavy atom. The lowest BCUT2D eigenvalue weighted by Gasteiger charge is -2.18. The average Bonchev–Trinajstić information content (AvgIpc) is 2.91. The van der Waals surface area contributed by atoms with Crippen LogP contribution in [0.3, 0.4) is 0 Å². The van der Waals surface area contributed by atoms with Gasteiger partial charge in [0, 0.05) is 13.0 Å². The van der Waals surface area contributed by atoms with E-state index in [4.69, 9.17) is 4.52 Å². The second-order valence-corrected chi connectivity index (χ2v) is 5.25. The number of benzene rings is 1. The Balaban J connectivity index is 1.68. The van der Waals surface area contributed by atoms with Crippen molar-refractivity contribution in [1.82, 2.24) is 15.5 Å². The molecule has 1 atom stereocenters. The molecular formula is C15H19N3O. The van der Waals surface area contributed by atoms with E-state index in [1.165, 1.54) is 17.5 Å². The molecule has 0 bridgehead atoms. The lowest BCUT2D eigenvalue weighted by molar-refractivity contribution is 0.320. The zero-order chi connectivity index (χ0) is 13.1. The summed E-state index contributed by atoms with van der Waals surface area (Å²) >= 11 is 0. The maximum absolute atomic E-state index is 5.40. The smallest absolute Gasteiger partial charge is 0.231 e. The van der Waals surface area contributed by atoms with Gasteiger partial charge in [-0.1, -0.05) is 35.0 Å². The molecule has 100 valence electrons. The summed E-state index contributed by atoms with van der Waals surface area (Å²) in [5.74, 6) is 1.95. The topological polar surface area (TPSA) is 51.0 Å². The van der Waals surface area contributed by atoms with Crippen molar-refractivity contribution in [2.24, 2.45) is 0 Å². The number of piperidine rings is 1. The van der Waals surface area contributed by atoms with Crippen LogP contribution in [-0.2, 0) is 6.42 Å². The van der Waals surface area contributed by atoms with E-state index in [-0.39, 0.29) is 0 Å². The predicted molar refractivity (Wildman–Crippen MR) is 73.1 cm³/mol. The highest BCUT2D eigenvalue weighted by molar-refractivity contribution is 5.23. The van der Waals surface area contributed by atoms with Gasteiger partial charge in [0.1, 0.15) is 0 Å². The van der Waals surface area contributed by atoms with Crippen LogP contribution in [0.25, 0.3) is 0 Å². The van der Waals surface area contributed by atoms with Crippen LogP contribution in [0.5, 0.6) is 0 Å². The number of aryl methyl sites for hydroxylation is 1. The number of nitrogens with zero attached hydrogens (tertiary/aromatic N) is 2. The largest absolute Gasteiger partial charge is 0.339 e. The summed E-state index contributed by atoms with van der Waals surface area (Å²) in [6.07, 6.45) is 3.06. The molecule has 1 aromatic carbocycles. The van der Waals surface area contributed by atoms with E-state index in [1.807, 2.05) is 0 Å². The van der Waals surface area contributed by atoms with Crippen molar-refractivity contribution in [3.8, 4) is 0 Å². The molecule has 4 nitrogen and oxygen atoms in total. The maximum atomic E-state index is 5.40. The summed E-state index contributed by atoms with van der Waals surface area (Å²) in [7, 11) is 0. The molecule has 0 saturated carbocycles. The van der Waals surface area contributed by atoms with Crippen LogP contribution in [0.15, 0.2) is 28.8 Å². The molecule has 1 aromatic heterocycles. The molecule has 3 rings (SSSR count). The van der Waals surface area contributed by atoms with Crippen molar-refractivity contribution in [3.05, 3.63) is 47.1 Å². The minimum Gasteiger partial charge on any atom is -0.339 e. The van der Waals surface area contributed by atoms with Gasteiger partial charge in [-0.05, 0) is 31.9 Å². The fourth-order valence-corrected chi connectivity index (χ4v) is 2.46. The first-order chi connectivity index (χ1) is 9.31. The van der Waals surface area contributed by atoms with E-state index < -0.39 is 0 Å². The average molecular weight is 257 g/mol. The molecule has 4 heteroatoms. The fraction of sp³-hybridized carbons (Fsp3) is 0.467. The SMILES string of the molecule is Cc1ccc(Cc2noc([C@@H]3CCCNC3)n2)cc1. The van der Waals surface area contributed by atoms with Gasteiger partial charge < -0.3 is 9.84 Å².